The standard InChI is InChI=1S/C9H19NOS2/c1-3-5-7-10(8-6-4-2)13-9(11)12/h3-8H2,1-2H3,(H,11,12). The third-order valence-corrected chi connectivity index (χ3v) is 2.73. The summed E-state index contributed by atoms with van der Waals surface area (Å²) in [5, 5.41) is 8.97. The maximum atomic E-state index is 8.97. The first-order valence-corrected chi connectivity index (χ1v) is 6.04. The van der Waals surface area contributed by atoms with E-state index in [-0.39, 0.29) is 4.38 Å². The molecule has 0 bridgehead atoms. The van der Waals surface area contributed by atoms with E-state index in [9.17, 15) is 0 Å². The van der Waals surface area contributed by atoms with Crippen LogP contribution in [0.1, 0.15) is 39.5 Å². The van der Waals surface area contributed by atoms with Crippen molar-refractivity contribution < 1.29 is 5.11 Å². The molecule has 0 aromatic heterocycles. The molecule has 0 spiro atoms. The molecule has 0 aliphatic carbocycles. The summed E-state index contributed by atoms with van der Waals surface area (Å²) >= 11 is 5.95. The lowest BCUT2D eigenvalue weighted by atomic mass is 10.3. The van der Waals surface area contributed by atoms with Crippen molar-refractivity contribution in [1.82, 2.24) is 4.31 Å². The van der Waals surface area contributed by atoms with Crippen LogP contribution in [0.5, 0.6) is 0 Å². The molecule has 0 aliphatic heterocycles. The quantitative estimate of drug-likeness (QED) is 0.526. The van der Waals surface area contributed by atoms with E-state index in [4.69, 9.17) is 5.11 Å². The van der Waals surface area contributed by atoms with Crippen molar-refractivity contribution in [2.75, 3.05) is 13.1 Å². The van der Waals surface area contributed by atoms with E-state index in [1.54, 1.807) is 0 Å². The normalized spacial score (nSPS) is 10.7. The number of rotatable bonds is 7. The van der Waals surface area contributed by atoms with Crippen molar-refractivity contribution in [3.8, 4) is 0 Å². The molecular formula is C9H19NOS2. The van der Waals surface area contributed by atoms with Crippen molar-refractivity contribution >= 4 is 28.5 Å². The maximum absolute atomic E-state index is 8.97. The van der Waals surface area contributed by atoms with Crippen LogP contribution in [0.2, 0.25) is 0 Å². The Morgan fingerprint density at radius 3 is 2.00 bits per heavy atom. The van der Waals surface area contributed by atoms with Crippen molar-refractivity contribution in [3.63, 3.8) is 0 Å². The zero-order valence-corrected chi connectivity index (χ0v) is 10.1. The smallest absolute Gasteiger partial charge is 0.233 e. The average Bonchev–Trinajstić information content (AvgIpc) is 2.09. The molecule has 0 saturated heterocycles. The minimum Gasteiger partial charge on any atom is -0.493 e. The Kier molecular flexibility index (Phi) is 8.92. The number of nitrogens with zero attached hydrogens (tertiary/aromatic N) is 1. The maximum Gasteiger partial charge on any atom is 0.233 e. The van der Waals surface area contributed by atoms with Crippen LogP contribution in [0.25, 0.3) is 0 Å². The summed E-state index contributed by atoms with van der Waals surface area (Å²) in [5.41, 5.74) is 0. The fourth-order valence-corrected chi connectivity index (χ4v) is 1.96. The number of hydrogen-bond acceptors (Lipinski definition) is 3. The Labute approximate surface area is 90.8 Å². The van der Waals surface area contributed by atoms with Gasteiger partial charge in [0.25, 0.3) is 0 Å². The highest BCUT2D eigenvalue weighted by Crippen LogP contribution is 2.13. The zero-order chi connectivity index (χ0) is 10.1. The molecule has 78 valence electrons. The number of aliphatic hydroxyl groups is 1. The molecule has 0 radical (unpaired) electrons. The largest absolute Gasteiger partial charge is 0.493 e. The van der Waals surface area contributed by atoms with Crippen LogP contribution in [0, 0.1) is 0 Å². The van der Waals surface area contributed by atoms with E-state index in [1.807, 2.05) is 0 Å². The number of hydrogen-bond donors (Lipinski definition) is 1. The summed E-state index contributed by atoms with van der Waals surface area (Å²) in [5.74, 6) is 0. The minimum atomic E-state index is 0.0345. The molecule has 0 amide bonds. The van der Waals surface area contributed by atoms with Gasteiger partial charge >= 0.3 is 0 Å². The average molecular weight is 221 g/mol. The fraction of sp³-hybridized carbons (Fsp3) is 0.889. The predicted octanol–water partition coefficient (Wildman–Crippen LogP) is 3.38. The summed E-state index contributed by atoms with van der Waals surface area (Å²) < 4.78 is 2.18. The molecule has 0 saturated carbocycles. The molecule has 0 fully saturated rings. The lowest BCUT2D eigenvalue weighted by Crippen LogP contribution is -2.20. The summed E-state index contributed by atoms with van der Waals surface area (Å²) in [6, 6.07) is 0. The van der Waals surface area contributed by atoms with Crippen LogP contribution in [-0.4, -0.2) is 26.9 Å². The van der Waals surface area contributed by atoms with Crippen LogP contribution >= 0.6 is 24.2 Å². The molecule has 1 N–H and O–H groups in total. The Hall–Kier alpha value is 0.200. The summed E-state index contributed by atoms with van der Waals surface area (Å²) in [6.07, 6.45) is 4.70. The van der Waals surface area contributed by atoms with E-state index in [0.717, 1.165) is 13.1 Å². The molecule has 0 heterocycles. The molecule has 0 rings (SSSR count). The summed E-state index contributed by atoms with van der Waals surface area (Å²) in [6.45, 7) is 6.36. The Morgan fingerprint density at radius 1 is 1.23 bits per heavy atom. The SMILES string of the molecule is CCCCN(CCCC)SC(O)=S. The van der Waals surface area contributed by atoms with Gasteiger partial charge in [-0.1, -0.05) is 26.7 Å². The predicted molar refractivity (Wildman–Crippen MR) is 64.2 cm³/mol. The summed E-state index contributed by atoms with van der Waals surface area (Å²) in [4.78, 5) is 0. The molecule has 2 nitrogen and oxygen atoms in total. The van der Waals surface area contributed by atoms with Gasteiger partial charge in [-0.15, -0.1) is 0 Å². The summed E-state index contributed by atoms with van der Waals surface area (Å²) in [7, 11) is 0. The highest BCUT2D eigenvalue weighted by Gasteiger charge is 2.06. The van der Waals surface area contributed by atoms with E-state index >= 15 is 0 Å². The van der Waals surface area contributed by atoms with Crippen molar-refractivity contribution in [2.45, 2.75) is 39.5 Å². The zero-order valence-electron chi connectivity index (χ0n) is 8.45. The lowest BCUT2D eigenvalue weighted by Gasteiger charge is -2.18. The van der Waals surface area contributed by atoms with Crippen LogP contribution in [0.4, 0.5) is 0 Å². The second kappa shape index (κ2) is 8.78. The van der Waals surface area contributed by atoms with E-state index in [1.165, 1.54) is 37.6 Å². The van der Waals surface area contributed by atoms with Crippen LogP contribution in [0.3, 0.4) is 0 Å². The van der Waals surface area contributed by atoms with Crippen LogP contribution in [-0.2, 0) is 0 Å². The number of thiocarbonyl (C=S) groups is 1. The molecular weight excluding hydrogens is 202 g/mol. The molecule has 0 atom stereocenters. The van der Waals surface area contributed by atoms with E-state index < -0.39 is 0 Å². The molecule has 0 aromatic carbocycles. The van der Waals surface area contributed by atoms with Gasteiger partial charge in [-0.25, -0.2) is 4.31 Å². The lowest BCUT2D eigenvalue weighted by molar-refractivity contribution is 0.444. The third kappa shape index (κ3) is 8.53. The fourth-order valence-electron chi connectivity index (χ4n) is 0.982. The number of aliphatic hydroxyl groups excluding tert-OH is 1. The first-order chi connectivity index (χ1) is 6.20. The van der Waals surface area contributed by atoms with Gasteiger partial charge in [0.2, 0.25) is 4.38 Å². The van der Waals surface area contributed by atoms with Gasteiger partial charge in [0.1, 0.15) is 0 Å². The molecule has 13 heavy (non-hydrogen) atoms. The van der Waals surface area contributed by atoms with Gasteiger partial charge in [-0.2, -0.15) is 0 Å². The third-order valence-electron chi connectivity index (χ3n) is 1.73. The first-order valence-electron chi connectivity index (χ1n) is 4.86. The Balaban J connectivity index is 3.66. The van der Waals surface area contributed by atoms with Crippen molar-refractivity contribution in [3.05, 3.63) is 0 Å². The molecule has 4 heteroatoms. The van der Waals surface area contributed by atoms with Crippen molar-refractivity contribution in [1.29, 1.82) is 0 Å². The minimum absolute atomic E-state index is 0.0345. The van der Waals surface area contributed by atoms with Crippen LogP contribution < -0.4 is 0 Å². The highest BCUT2D eigenvalue weighted by atomic mass is 32.2. The van der Waals surface area contributed by atoms with Crippen LogP contribution in [0.15, 0.2) is 0 Å². The van der Waals surface area contributed by atoms with Gasteiger partial charge in [0.05, 0.1) is 0 Å². The Bertz CT molecular complexity index is 134. The van der Waals surface area contributed by atoms with Gasteiger partial charge in [0, 0.05) is 25.0 Å². The topological polar surface area (TPSA) is 23.5 Å². The second-order valence-corrected chi connectivity index (χ2v) is 4.72. The molecule has 0 aromatic rings. The van der Waals surface area contributed by atoms with Gasteiger partial charge in [-0.3, -0.25) is 0 Å². The second-order valence-electron chi connectivity index (χ2n) is 2.99. The van der Waals surface area contributed by atoms with Gasteiger partial charge in [0.15, 0.2) is 0 Å². The van der Waals surface area contributed by atoms with Crippen molar-refractivity contribution in [2.24, 2.45) is 0 Å². The molecule has 0 aliphatic rings. The van der Waals surface area contributed by atoms with Gasteiger partial charge < -0.3 is 5.11 Å². The molecule has 0 unspecified atom stereocenters. The van der Waals surface area contributed by atoms with E-state index in [2.05, 4.69) is 30.4 Å². The first kappa shape index (κ1) is 13.2. The highest BCUT2D eigenvalue weighted by molar-refractivity contribution is 8.20. The van der Waals surface area contributed by atoms with Gasteiger partial charge in [-0.05, 0) is 25.1 Å². The van der Waals surface area contributed by atoms with E-state index in [0.29, 0.717) is 0 Å². The monoisotopic (exact) mass is 221 g/mol. The number of unbranched alkanes of at least 4 members (excludes halogenated alkanes) is 2. The Morgan fingerprint density at radius 2 is 1.69 bits per heavy atom.